The molecule has 1 saturated heterocycles. The van der Waals surface area contributed by atoms with E-state index in [0.717, 1.165) is 16.8 Å². The number of anilines is 2. The molecule has 5 nitrogen and oxygen atoms in total. The summed E-state index contributed by atoms with van der Waals surface area (Å²) < 4.78 is 18.8. The molecule has 0 spiro atoms. The molecule has 3 aromatic rings. The van der Waals surface area contributed by atoms with E-state index < -0.39 is 0 Å². The average Bonchev–Trinajstić information content (AvgIpc) is 3.17. The van der Waals surface area contributed by atoms with E-state index in [2.05, 4.69) is 5.32 Å². The maximum absolute atomic E-state index is 13.0. The molecule has 164 valence electrons. The second-order valence-electron chi connectivity index (χ2n) is 7.30. The van der Waals surface area contributed by atoms with E-state index in [9.17, 15) is 14.0 Å². The van der Waals surface area contributed by atoms with Gasteiger partial charge in [-0.25, -0.2) is 4.39 Å². The zero-order chi connectivity index (χ0) is 22.5. The molecule has 0 bridgehead atoms. The van der Waals surface area contributed by atoms with Crippen molar-refractivity contribution in [1.29, 1.82) is 0 Å². The lowest BCUT2D eigenvalue weighted by Gasteiger charge is -2.26. The van der Waals surface area contributed by atoms with Gasteiger partial charge in [-0.1, -0.05) is 36.4 Å². The Morgan fingerprint density at radius 1 is 1.09 bits per heavy atom. The molecular weight excluding hydrogens is 427 g/mol. The first-order valence-electron chi connectivity index (χ1n) is 10.3. The standard InChI is InChI=1S/C25H23FN2O3S/c1-2-31-22-6-4-3-5-21(22)28-24(30)16-32-25(28)18-9-13-20(14-10-18)27-23(29)15-17-7-11-19(26)12-8-17/h3-14,25H,2,15-16H2,1H3,(H,27,29). The highest BCUT2D eigenvalue weighted by atomic mass is 32.2. The summed E-state index contributed by atoms with van der Waals surface area (Å²) >= 11 is 1.56. The topological polar surface area (TPSA) is 58.6 Å². The monoisotopic (exact) mass is 450 g/mol. The fraction of sp³-hybridized carbons (Fsp3) is 0.200. The van der Waals surface area contributed by atoms with Crippen molar-refractivity contribution in [3.63, 3.8) is 0 Å². The molecule has 1 fully saturated rings. The van der Waals surface area contributed by atoms with Gasteiger partial charge in [0.15, 0.2) is 0 Å². The Hall–Kier alpha value is -3.32. The lowest BCUT2D eigenvalue weighted by atomic mass is 10.1. The van der Waals surface area contributed by atoms with Crippen LogP contribution in [0.15, 0.2) is 72.8 Å². The fourth-order valence-electron chi connectivity index (χ4n) is 3.59. The van der Waals surface area contributed by atoms with Gasteiger partial charge in [0.25, 0.3) is 0 Å². The van der Waals surface area contributed by atoms with Crippen molar-refractivity contribution < 1.29 is 18.7 Å². The number of hydrogen-bond acceptors (Lipinski definition) is 4. The molecular formula is C25H23FN2O3S. The van der Waals surface area contributed by atoms with Crippen LogP contribution in [-0.4, -0.2) is 24.2 Å². The average molecular weight is 451 g/mol. The van der Waals surface area contributed by atoms with Crippen LogP contribution in [0.4, 0.5) is 15.8 Å². The molecule has 1 aliphatic rings. The molecule has 1 heterocycles. The Morgan fingerprint density at radius 3 is 2.53 bits per heavy atom. The maximum atomic E-state index is 13.0. The molecule has 1 N–H and O–H groups in total. The van der Waals surface area contributed by atoms with Crippen LogP contribution in [0.25, 0.3) is 0 Å². The Labute approximate surface area is 190 Å². The number of benzene rings is 3. The van der Waals surface area contributed by atoms with E-state index in [1.54, 1.807) is 28.8 Å². The van der Waals surface area contributed by atoms with E-state index >= 15 is 0 Å². The summed E-state index contributed by atoms with van der Waals surface area (Å²) in [6.45, 7) is 2.43. The quantitative estimate of drug-likeness (QED) is 0.539. The lowest BCUT2D eigenvalue weighted by Crippen LogP contribution is -2.28. The van der Waals surface area contributed by atoms with E-state index in [-0.39, 0.29) is 29.4 Å². The van der Waals surface area contributed by atoms with Gasteiger partial charge in [0.2, 0.25) is 11.8 Å². The first-order chi connectivity index (χ1) is 15.5. The third-order valence-corrected chi connectivity index (χ3v) is 6.26. The van der Waals surface area contributed by atoms with Gasteiger partial charge in [0, 0.05) is 5.69 Å². The number of thioether (sulfide) groups is 1. The zero-order valence-corrected chi connectivity index (χ0v) is 18.4. The van der Waals surface area contributed by atoms with Gasteiger partial charge in [0.1, 0.15) is 16.9 Å². The van der Waals surface area contributed by atoms with Crippen molar-refractivity contribution in [3.8, 4) is 5.75 Å². The summed E-state index contributed by atoms with van der Waals surface area (Å²) in [7, 11) is 0. The molecule has 0 aliphatic carbocycles. The first kappa shape index (κ1) is 21.9. The molecule has 1 unspecified atom stereocenters. The molecule has 32 heavy (non-hydrogen) atoms. The molecule has 2 amide bonds. The predicted octanol–water partition coefficient (Wildman–Crippen LogP) is 5.18. The zero-order valence-electron chi connectivity index (χ0n) is 17.6. The van der Waals surface area contributed by atoms with Crippen LogP contribution >= 0.6 is 11.8 Å². The van der Waals surface area contributed by atoms with Crippen LogP contribution < -0.4 is 15.0 Å². The molecule has 4 rings (SSSR count). The van der Waals surface area contributed by atoms with Crippen LogP contribution in [0.1, 0.15) is 23.4 Å². The van der Waals surface area contributed by atoms with Crippen molar-refractivity contribution >= 4 is 35.0 Å². The molecule has 0 saturated carbocycles. The van der Waals surface area contributed by atoms with Crippen molar-refractivity contribution in [2.75, 3.05) is 22.6 Å². The van der Waals surface area contributed by atoms with Gasteiger partial charge in [-0.2, -0.15) is 0 Å². The van der Waals surface area contributed by atoms with Gasteiger partial charge in [-0.05, 0) is 54.4 Å². The molecule has 7 heteroatoms. The second kappa shape index (κ2) is 9.87. The highest BCUT2D eigenvalue weighted by Gasteiger charge is 2.35. The van der Waals surface area contributed by atoms with Gasteiger partial charge in [-0.15, -0.1) is 11.8 Å². The fourth-order valence-corrected chi connectivity index (χ4v) is 4.76. The minimum atomic E-state index is -0.328. The van der Waals surface area contributed by atoms with Gasteiger partial charge in [-0.3, -0.25) is 14.5 Å². The number of para-hydroxylation sites is 2. The van der Waals surface area contributed by atoms with Gasteiger partial charge >= 0.3 is 0 Å². The van der Waals surface area contributed by atoms with Crippen molar-refractivity contribution in [3.05, 3.63) is 89.7 Å². The molecule has 0 radical (unpaired) electrons. The molecule has 0 aromatic heterocycles. The van der Waals surface area contributed by atoms with Crippen LogP contribution in [0.5, 0.6) is 5.75 Å². The minimum Gasteiger partial charge on any atom is -0.492 e. The van der Waals surface area contributed by atoms with Gasteiger partial charge < -0.3 is 10.1 Å². The first-order valence-corrected chi connectivity index (χ1v) is 11.4. The Morgan fingerprint density at radius 2 is 1.81 bits per heavy atom. The van der Waals surface area contributed by atoms with Crippen LogP contribution in [-0.2, 0) is 16.0 Å². The van der Waals surface area contributed by atoms with Crippen molar-refractivity contribution in [2.45, 2.75) is 18.7 Å². The summed E-state index contributed by atoms with van der Waals surface area (Å²) in [5, 5.41) is 2.69. The Kier molecular flexibility index (Phi) is 6.75. The number of rotatable bonds is 7. The third-order valence-electron chi connectivity index (χ3n) is 5.05. The third kappa shape index (κ3) is 4.94. The number of amides is 2. The van der Waals surface area contributed by atoms with Crippen LogP contribution in [0.3, 0.4) is 0 Å². The molecule has 1 atom stereocenters. The minimum absolute atomic E-state index is 0.0313. The number of nitrogens with zero attached hydrogens (tertiary/aromatic N) is 1. The summed E-state index contributed by atoms with van der Waals surface area (Å²) in [6, 6.07) is 20.9. The van der Waals surface area contributed by atoms with Gasteiger partial charge in [0.05, 0.1) is 24.5 Å². The highest BCUT2D eigenvalue weighted by Crippen LogP contribution is 2.44. The second-order valence-corrected chi connectivity index (χ2v) is 8.37. The normalized spacial score (nSPS) is 15.6. The summed E-state index contributed by atoms with van der Waals surface area (Å²) in [5.74, 6) is 0.596. The highest BCUT2D eigenvalue weighted by molar-refractivity contribution is 8.00. The lowest BCUT2D eigenvalue weighted by molar-refractivity contribution is -0.116. The number of nitrogens with one attached hydrogen (secondary N) is 1. The summed E-state index contributed by atoms with van der Waals surface area (Å²) in [5.41, 5.74) is 3.12. The number of ether oxygens (including phenoxy) is 1. The van der Waals surface area contributed by atoms with Crippen molar-refractivity contribution in [2.24, 2.45) is 0 Å². The predicted molar refractivity (Wildman–Crippen MR) is 125 cm³/mol. The Balaban J connectivity index is 1.47. The summed E-state index contributed by atoms with van der Waals surface area (Å²) in [6.07, 6.45) is 0.164. The van der Waals surface area contributed by atoms with Crippen LogP contribution in [0, 0.1) is 5.82 Å². The van der Waals surface area contributed by atoms with E-state index in [1.165, 1.54) is 12.1 Å². The SMILES string of the molecule is CCOc1ccccc1N1C(=O)CSC1c1ccc(NC(=O)Cc2ccc(F)cc2)cc1. The number of carbonyl (C=O) groups is 2. The Bertz CT molecular complexity index is 1100. The van der Waals surface area contributed by atoms with E-state index in [4.69, 9.17) is 4.74 Å². The summed E-state index contributed by atoms with van der Waals surface area (Å²) in [4.78, 5) is 26.8. The number of hydrogen-bond donors (Lipinski definition) is 1. The number of halogens is 1. The van der Waals surface area contributed by atoms with Crippen LogP contribution in [0.2, 0.25) is 0 Å². The number of carbonyl (C=O) groups excluding carboxylic acids is 2. The molecule has 1 aliphatic heterocycles. The molecule has 3 aromatic carbocycles. The van der Waals surface area contributed by atoms with E-state index in [0.29, 0.717) is 23.8 Å². The maximum Gasteiger partial charge on any atom is 0.238 e. The largest absolute Gasteiger partial charge is 0.492 e. The van der Waals surface area contributed by atoms with Crippen molar-refractivity contribution in [1.82, 2.24) is 0 Å². The van der Waals surface area contributed by atoms with E-state index in [1.807, 2.05) is 55.5 Å². The smallest absolute Gasteiger partial charge is 0.238 e.